The van der Waals surface area contributed by atoms with Gasteiger partial charge in [0.15, 0.2) is 0 Å². The Bertz CT molecular complexity index is 921. The Morgan fingerprint density at radius 2 is 1.61 bits per heavy atom. The van der Waals surface area contributed by atoms with Crippen LogP contribution in [-0.2, 0) is 10.2 Å². The summed E-state index contributed by atoms with van der Waals surface area (Å²) in [6, 6.07) is 3.75. The molecule has 4 rings (SSSR count). The molecule has 9 nitrogen and oxygen atoms in total. The van der Waals surface area contributed by atoms with Crippen molar-refractivity contribution in [1.29, 1.82) is 0 Å². The largest absolute Gasteiger partial charge is 0.325 e. The first-order valence-electron chi connectivity index (χ1n) is 11.1. The average molecular weight is 426 g/mol. The summed E-state index contributed by atoms with van der Waals surface area (Å²) in [6.45, 7) is 9.14. The Hall–Kier alpha value is -2.97. The Balaban J connectivity index is 1.44. The van der Waals surface area contributed by atoms with Crippen LogP contribution < -0.4 is 5.32 Å². The van der Waals surface area contributed by atoms with Crippen LogP contribution in [0.25, 0.3) is 5.95 Å². The van der Waals surface area contributed by atoms with Crippen molar-refractivity contribution in [2.45, 2.75) is 51.9 Å². The highest BCUT2D eigenvalue weighted by atomic mass is 16.2. The summed E-state index contributed by atoms with van der Waals surface area (Å²) < 4.78 is 1.59. The lowest BCUT2D eigenvalue weighted by Crippen LogP contribution is -2.47. The summed E-state index contributed by atoms with van der Waals surface area (Å²) >= 11 is 0. The lowest BCUT2D eigenvalue weighted by atomic mass is 9.92. The van der Waals surface area contributed by atoms with Crippen LogP contribution in [0.15, 0.2) is 24.5 Å². The maximum atomic E-state index is 13.0. The number of hydrogen-bond donors (Lipinski definition) is 1. The Morgan fingerprint density at radius 3 is 2.23 bits per heavy atom. The van der Waals surface area contributed by atoms with Gasteiger partial charge in [-0.3, -0.25) is 4.79 Å². The number of nitrogens with zero attached hydrogens (tertiary/aromatic N) is 6. The van der Waals surface area contributed by atoms with Gasteiger partial charge in [-0.1, -0.05) is 20.8 Å². The number of nitrogens with one attached hydrogen (secondary N) is 1. The van der Waals surface area contributed by atoms with Gasteiger partial charge < -0.3 is 15.1 Å². The van der Waals surface area contributed by atoms with Crippen LogP contribution in [0.4, 0.5) is 10.6 Å². The van der Waals surface area contributed by atoms with E-state index >= 15 is 0 Å². The van der Waals surface area contributed by atoms with Crippen LogP contribution in [0.3, 0.4) is 0 Å². The average Bonchev–Trinajstić information content (AvgIpc) is 3.44. The molecule has 0 spiro atoms. The Morgan fingerprint density at radius 1 is 1.00 bits per heavy atom. The van der Waals surface area contributed by atoms with Crippen molar-refractivity contribution in [1.82, 2.24) is 29.5 Å². The van der Waals surface area contributed by atoms with Crippen LogP contribution in [-0.4, -0.2) is 67.7 Å². The van der Waals surface area contributed by atoms with E-state index in [2.05, 4.69) is 41.2 Å². The second kappa shape index (κ2) is 8.64. The van der Waals surface area contributed by atoms with E-state index in [0.717, 1.165) is 31.6 Å². The smallest absolute Gasteiger partial charge is 0.319 e. The predicted molar refractivity (Wildman–Crippen MR) is 117 cm³/mol. The van der Waals surface area contributed by atoms with Crippen molar-refractivity contribution in [2.75, 3.05) is 31.5 Å². The predicted octanol–water partition coefficient (Wildman–Crippen LogP) is 2.83. The quantitative estimate of drug-likeness (QED) is 0.816. The van der Waals surface area contributed by atoms with Gasteiger partial charge in [-0.25, -0.2) is 14.8 Å². The third kappa shape index (κ3) is 4.70. The molecule has 0 saturated carbocycles. The molecule has 1 N–H and O–H groups in total. The lowest BCUT2D eigenvalue weighted by molar-refractivity contribution is -0.121. The van der Waals surface area contributed by atoms with Crippen molar-refractivity contribution < 1.29 is 9.59 Å². The number of urea groups is 1. The molecule has 4 heterocycles. The van der Waals surface area contributed by atoms with Crippen molar-refractivity contribution in [2.24, 2.45) is 5.92 Å². The molecule has 2 fully saturated rings. The summed E-state index contributed by atoms with van der Waals surface area (Å²) in [5.41, 5.74) is 0.669. The first-order valence-corrected chi connectivity index (χ1v) is 11.1. The van der Waals surface area contributed by atoms with E-state index in [-0.39, 0.29) is 23.3 Å². The van der Waals surface area contributed by atoms with Crippen LogP contribution in [0.5, 0.6) is 0 Å². The van der Waals surface area contributed by atoms with Gasteiger partial charge in [-0.05, 0) is 31.7 Å². The van der Waals surface area contributed by atoms with Crippen molar-refractivity contribution in [3.05, 3.63) is 30.2 Å². The van der Waals surface area contributed by atoms with Gasteiger partial charge in [-0.2, -0.15) is 9.78 Å². The molecule has 0 radical (unpaired) electrons. The van der Waals surface area contributed by atoms with E-state index in [0.29, 0.717) is 37.7 Å². The molecule has 31 heavy (non-hydrogen) atoms. The first kappa shape index (κ1) is 21.3. The van der Waals surface area contributed by atoms with Gasteiger partial charge in [0.2, 0.25) is 5.91 Å². The van der Waals surface area contributed by atoms with Gasteiger partial charge in [0.25, 0.3) is 5.95 Å². The van der Waals surface area contributed by atoms with Gasteiger partial charge in [0.05, 0.1) is 5.69 Å². The van der Waals surface area contributed by atoms with Gasteiger partial charge in [0, 0.05) is 56.0 Å². The molecule has 0 bridgehead atoms. The lowest BCUT2D eigenvalue weighted by Gasteiger charge is -2.34. The Kier molecular flexibility index (Phi) is 5.93. The normalized spacial score (nSPS) is 17.8. The fourth-order valence-electron chi connectivity index (χ4n) is 4.06. The number of carbonyl (C=O) groups is 2. The SMILES string of the molecule is CC(C)(C)c1cc(NC(=O)C2CCN(C(=O)N3CCCC3)CC2)n(-c2ncccn2)n1. The summed E-state index contributed by atoms with van der Waals surface area (Å²) in [4.78, 5) is 38.0. The molecular formula is C22H31N7O2. The zero-order valence-corrected chi connectivity index (χ0v) is 18.5. The number of piperidine rings is 1. The zero-order valence-electron chi connectivity index (χ0n) is 18.5. The third-order valence-electron chi connectivity index (χ3n) is 5.98. The highest BCUT2D eigenvalue weighted by molar-refractivity contribution is 5.92. The maximum absolute atomic E-state index is 13.0. The molecule has 9 heteroatoms. The van der Waals surface area contributed by atoms with E-state index in [4.69, 9.17) is 0 Å². The molecule has 3 amide bonds. The van der Waals surface area contributed by atoms with Gasteiger partial charge >= 0.3 is 6.03 Å². The number of amides is 3. The molecule has 2 saturated heterocycles. The summed E-state index contributed by atoms with van der Waals surface area (Å²) in [7, 11) is 0. The monoisotopic (exact) mass is 425 g/mol. The molecule has 0 atom stereocenters. The standard InChI is InChI=1S/C22H31N7O2/c1-22(2,3)17-15-18(29(26-17)20-23-9-6-10-24-20)25-19(30)16-7-13-28(14-8-16)21(31)27-11-4-5-12-27/h6,9-10,15-16H,4-5,7-8,11-14H2,1-3H3,(H,25,30). The highest BCUT2D eigenvalue weighted by Gasteiger charge is 2.31. The van der Waals surface area contributed by atoms with Gasteiger partial charge in [-0.15, -0.1) is 0 Å². The number of rotatable bonds is 3. The fourth-order valence-corrected chi connectivity index (χ4v) is 4.06. The van der Waals surface area contributed by atoms with E-state index < -0.39 is 0 Å². The molecule has 2 aliphatic heterocycles. The molecule has 0 unspecified atom stereocenters. The van der Waals surface area contributed by atoms with E-state index in [1.165, 1.54) is 0 Å². The topological polar surface area (TPSA) is 96.2 Å². The maximum Gasteiger partial charge on any atom is 0.319 e. The van der Waals surface area contributed by atoms with Gasteiger partial charge in [0.1, 0.15) is 5.82 Å². The summed E-state index contributed by atoms with van der Waals surface area (Å²) in [5, 5.41) is 7.69. The highest BCUT2D eigenvalue weighted by Crippen LogP contribution is 2.27. The molecule has 0 aromatic carbocycles. The molecular weight excluding hydrogens is 394 g/mol. The number of anilines is 1. The molecule has 2 aromatic rings. The van der Waals surface area contributed by atoms with Crippen molar-refractivity contribution in [3.63, 3.8) is 0 Å². The molecule has 2 aliphatic rings. The number of hydrogen-bond acceptors (Lipinski definition) is 5. The van der Waals surface area contributed by atoms with Crippen LogP contribution in [0, 0.1) is 5.92 Å². The first-order chi connectivity index (χ1) is 14.8. The van der Waals surface area contributed by atoms with Crippen LogP contribution >= 0.6 is 0 Å². The Labute approximate surface area is 182 Å². The van der Waals surface area contributed by atoms with E-state index in [1.54, 1.807) is 23.1 Å². The minimum Gasteiger partial charge on any atom is -0.325 e. The fraction of sp³-hybridized carbons (Fsp3) is 0.591. The number of carbonyl (C=O) groups excluding carboxylic acids is 2. The minimum absolute atomic E-state index is 0.0502. The molecule has 2 aromatic heterocycles. The number of likely N-dealkylation sites (tertiary alicyclic amines) is 2. The third-order valence-corrected chi connectivity index (χ3v) is 5.98. The molecule has 166 valence electrons. The van der Waals surface area contributed by atoms with E-state index in [9.17, 15) is 9.59 Å². The zero-order chi connectivity index (χ0) is 22.0. The molecule has 0 aliphatic carbocycles. The van der Waals surface area contributed by atoms with Crippen molar-refractivity contribution in [3.8, 4) is 5.95 Å². The second-order valence-corrected chi connectivity index (χ2v) is 9.35. The summed E-state index contributed by atoms with van der Waals surface area (Å²) in [5.74, 6) is 0.794. The van der Waals surface area contributed by atoms with Crippen molar-refractivity contribution >= 4 is 17.8 Å². The minimum atomic E-state index is -0.180. The summed E-state index contributed by atoms with van der Waals surface area (Å²) in [6.07, 6.45) is 6.79. The number of aromatic nitrogens is 4. The van der Waals surface area contributed by atoms with Crippen LogP contribution in [0.2, 0.25) is 0 Å². The van der Waals surface area contributed by atoms with E-state index in [1.807, 2.05) is 15.9 Å². The van der Waals surface area contributed by atoms with Crippen LogP contribution in [0.1, 0.15) is 52.1 Å². The second-order valence-electron chi connectivity index (χ2n) is 9.35.